The van der Waals surface area contributed by atoms with Crippen molar-refractivity contribution in [3.8, 4) is 22.8 Å². The lowest BCUT2D eigenvalue weighted by Gasteiger charge is -2.11. The van der Waals surface area contributed by atoms with Gasteiger partial charge in [0, 0.05) is 17.0 Å². The van der Waals surface area contributed by atoms with Crippen LogP contribution in [-0.4, -0.2) is 25.2 Å². The van der Waals surface area contributed by atoms with Crippen molar-refractivity contribution in [2.75, 3.05) is 19.5 Å². The molecule has 0 bridgehead atoms. The number of anilines is 1. The minimum Gasteiger partial charge on any atom is -0.496 e. The van der Waals surface area contributed by atoms with E-state index in [4.69, 9.17) is 15.2 Å². The molecular formula is C19H18F2N4O2S. The quantitative estimate of drug-likeness (QED) is 0.479. The van der Waals surface area contributed by atoms with Crippen LogP contribution in [0.5, 0.6) is 11.5 Å². The van der Waals surface area contributed by atoms with E-state index < -0.39 is 11.6 Å². The fourth-order valence-electron chi connectivity index (χ4n) is 2.55. The van der Waals surface area contributed by atoms with Crippen molar-refractivity contribution < 1.29 is 18.3 Å². The van der Waals surface area contributed by atoms with Crippen LogP contribution in [-0.2, 0) is 6.54 Å². The fourth-order valence-corrected chi connectivity index (χ4v) is 3.27. The van der Waals surface area contributed by atoms with Crippen LogP contribution in [0, 0.1) is 11.6 Å². The SMILES string of the molecule is COc1cccc(OC)c1CN=C(N)Nc1nc(-c2ccc(F)cc2F)cs1. The molecule has 0 unspecified atom stereocenters. The number of hydrogen-bond acceptors (Lipinski definition) is 5. The Morgan fingerprint density at radius 2 is 1.89 bits per heavy atom. The summed E-state index contributed by atoms with van der Waals surface area (Å²) < 4.78 is 37.6. The molecule has 0 saturated carbocycles. The summed E-state index contributed by atoms with van der Waals surface area (Å²) in [4.78, 5) is 8.55. The van der Waals surface area contributed by atoms with Crippen molar-refractivity contribution in [1.29, 1.82) is 0 Å². The number of aliphatic imine (C=N–C) groups is 1. The van der Waals surface area contributed by atoms with Gasteiger partial charge in [0.05, 0.1) is 32.0 Å². The van der Waals surface area contributed by atoms with E-state index >= 15 is 0 Å². The summed E-state index contributed by atoms with van der Waals surface area (Å²) in [5, 5.41) is 4.95. The lowest BCUT2D eigenvalue weighted by molar-refractivity contribution is 0.385. The molecule has 0 aliphatic rings. The van der Waals surface area contributed by atoms with Crippen LogP contribution in [0.15, 0.2) is 46.8 Å². The monoisotopic (exact) mass is 404 g/mol. The summed E-state index contributed by atoms with van der Waals surface area (Å²) in [6, 6.07) is 8.77. The van der Waals surface area contributed by atoms with E-state index in [2.05, 4.69) is 15.3 Å². The first-order chi connectivity index (χ1) is 13.5. The lowest BCUT2D eigenvalue weighted by Crippen LogP contribution is -2.22. The predicted octanol–water partition coefficient (Wildman–Crippen LogP) is 4.03. The maximum atomic E-state index is 13.9. The second-order valence-electron chi connectivity index (χ2n) is 5.63. The number of nitrogens with one attached hydrogen (secondary N) is 1. The third kappa shape index (κ3) is 4.37. The molecule has 0 amide bonds. The van der Waals surface area contributed by atoms with E-state index in [-0.39, 0.29) is 18.1 Å². The van der Waals surface area contributed by atoms with Gasteiger partial charge >= 0.3 is 0 Å². The van der Waals surface area contributed by atoms with Crippen molar-refractivity contribution in [2.24, 2.45) is 10.7 Å². The predicted molar refractivity (Wildman–Crippen MR) is 106 cm³/mol. The van der Waals surface area contributed by atoms with Gasteiger partial charge in [-0.3, -0.25) is 0 Å². The number of thiazole rings is 1. The molecule has 1 aromatic heterocycles. The highest BCUT2D eigenvalue weighted by Gasteiger charge is 2.12. The molecule has 3 aromatic rings. The molecule has 1 heterocycles. The molecule has 0 aliphatic heterocycles. The van der Waals surface area contributed by atoms with Crippen LogP contribution >= 0.6 is 11.3 Å². The van der Waals surface area contributed by atoms with Gasteiger partial charge in [0.15, 0.2) is 11.1 Å². The van der Waals surface area contributed by atoms with E-state index in [0.29, 0.717) is 22.3 Å². The van der Waals surface area contributed by atoms with Gasteiger partial charge in [-0.25, -0.2) is 18.8 Å². The van der Waals surface area contributed by atoms with Crippen molar-refractivity contribution in [3.63, 3.8) is 0 Å². The van der Waals surface area contributed by atoms with Crippen LogP contribution in [0.25, 0.3) is 11.3 Å². The zero-order valence-corrected chi connectivity index (χ0v) is 16.0. The Labute approximate surface area is 164 Å². The average Bonchev–Trinajstić information content (AvgIpc) is 3.13. The second-order valence-corrected chi connectivity index (χ2v) is 6.49. The third-order valence-electron chi connectivity index (χ3n) is 3.88. The molecule has 9 heteroatoms. The van der Waals surface area contributed by atoms with E-state index in [0.717, 1.165) is 11.6 Å². The van der Waals surface area contributed by atoms with Gasteiger partial charge in [-0.1, -0.05) is 6.07 Å². The first kappa shape index (κ1) is 19.6. The number of nitrogens with zero attached hydrogens (tertiary/aromatic N) is 2. The summed E-state index contributed by atoms with van der Waals surface area (Å²) in [5.74, 6) is 0.0895. The van der Waals surface area contributed by atoms with Gasteiger partial charge in [-0.15, -0.1) is 11.3 Å². The Morgan fingerprint density at radius 3 is 2.54 bits per heavy atom. The summed E-state index contributed by atoms with van der Waals surface area (Å²) >= 11 is 1.23. The number of guanidine groups is 1. The van der Waals surface area contributed by atoms with Crippen molar-refractivity contribution in [3.05, 3.63) is 59.0 Å². The molecule has 28 heavy (non-hydrogen) atoms. The average molecular weight is 404 g/mol. The van der Waals surface area contributed by atoms with Crippen molar-refractivity contribution >= 4 is 22.4 Å². The fraction of sp³-hybridized carbons (Fsp3) is 0.158. The Bertz CT molecular complexity index is 985. The minimum atomic E-state index is -0.679. The summed E-state index contributed by atoms with van der Waals surface area (Å²) in [6.45, 7) is 0.233. The number of aromatic nitrogens is 1. The standard InChI is InChI=1S/C19H18F2N4O2S/c1-26-16-4-3-5-17(27-2)13(16)9-23-18(22)25-19-24-15(10-28-19)12-7-6-11(20)8-14(12)21/h3-8,10H,9H2,1-2H3,(H3,22,23,24,25). The number of methoxy groups -OCH3 is 2. The highest BCUT2D eigenvalue weighted by Crippen LogP contribution is 2.29. The Kier molecular flexibility index (Phi) is 6.05. The third-order valence-corrected chi connectivity index (χ3v) is 4.64. The number of ether oxygens (including phenoxy) is 2. The van der Waals surface area contributed by atoms with Gasteiger partial charge in [-0.2, -0.15) is 0 Å². The van der Waals surface area contributed by atoms with Crippen LogP contribution in [0.3, 0.4) is 0 Å². The van der Waals surface area contributed by atoms with E-state index in [9.17, 15) is 8.78 Å². The van der Waals surface area contributed by atoms with E-state index in [1.54, 1.807) is 31.7 Å². The smallest absolute Gasteiger partial charge is 0.195 e. The first-order valence-electron chi connectivity index (χ1n) is 8.19. The van der Waals surface area contributed by atoms with Crippen LogP contribution in [0.4, 0.5) is 13.9 Å². The van der Waals surface area contributed by atoms with Crippen LogP contribution in [0.1, 0.15) is 5.56 Å². The van der Waals surface area contributed by atoms with E-state index in [1.165, 1.54) is 23.5 Å². The minimum absolute atomic E-state index is 0.133. The first-order valence-corrected chi connectivity index (χ1v) is 9.07. The molecule has 6 nitrogen and oxygen atoms in total. The van der Waals surface area contributed by atoms with Crippen LogP contribution in [0.2, 0.25) is 0 Å². The number of nitrogens with two attached hydrogens (primary N) is 1. The van der Waals surface area contributed by atoms with Crippen molar-refractivity contribution in [1.82, 2.24) is 4.98 Å². The van der Waals surface area contributed by atoms with Gasteiger partial charge in [0.25, 0.3) is 0 Å². The zero-order chi connectivity index (χ0) is 20.1. The van der Waals surface area contributed by atoms with Gasteiger partial charge in [-0.05, 0) is 24.3 Å². The summed E-state index contributed by atoms with van der Waals surface area (Å²) in [6.07, 6.45) is 0. The molecule has 0 saturated heterocycles. The molecule has 3 N–H and O–H groups in total. The molecule has 2 aromatic carbocycles. The Hall–Kier alpha value is -3.20. The number of rotatable bonds is 6. The topological polar surface area (TPSA) is 81.8 Å². The molecule has 0 fully saturated rings. The molecule has 0 aliphatic carbocycles. The van der Waals surface area contributed by atoms with Crippen molar-refractivity contribution in [2.45, 2.75) is 6.54 Å². The zero-order valence-electron chi connectivity index (χ0n) is 15.2. The highest BCUT2D eigenvalue weighted by molar-refractivity contribution is 7.14. The molecular weight excluding hydrogens is 386 g/mol. The van der Waals surface area contributed by atoms with Crippen LogP contribution < -0.4 is 20.5 Å². The molecule has 0 spiro atoms. The molecule has 146 valence electrons. The Morgan fingerprint density at radius 1 is 1.18 bits per heavy atom. The Balaban J connectivity index is 1.74. The summed E-state index contributed by atoms with van der Waals surface area (Å²) in [5.41, 5.74) is 7.28. The van der Waals surface area contributed by atoms with E-state index in [1.807, 2.05) is 6.07 Å². The normalized spacial score (nSPS) is 11.4. The lowest BCUT2D eigenvalue weighted by atomic mass is 10.1. The maximum Gasteiger partial charge on any atom is 0.195 e. The highest BCUT2D eigenvalue weighted by atomic mass is 32.1. The number of halogens is 2. The molecule has 0 radical (unpaired) electrons. The number of benzene rings is 2. The maximum absolute atomic E-state index is 13.9. The largest absolute Gasteiger partial charge is 0.496 e. The molecule has 0 atom stereocenters. The van der Waals surface area contributed by atoms with Gasteiger partial charge in [0.1, 0.15) is 23.1 Å². The second kappa shape index (κ2) is 8.66. The molecule has 3 rings (SSSR count). The summed E-state index contributed by atoms with van der Waals surface area (Å²) in [7, 11) is 3.13. The van der Waals surface area contributed by atoms with Gasteiger partial charge in [0.2, 0.25) is 0 Å². The van der Waals surface area contributed by atoms with Gasteiger partial charge < -0.3 is 20.5 Å². The number of hydrogen-bond donors (Lipinski definition) is 2.